The molecule has 0 fully saturated rings. The SMILES string of the molecule is Cc1ccc(S(=O)(=O)N2CC=CCC2C(Cl)(Cl)Cl)cc1. The first-order chi connectivity index (χ1) is 9.23. The van der Waals surface area contributed by atoms with Crippen molar-refractivity contribution in [1.82, 2.24) is 4.31 Å². The van der Waals surface area contributed by atoms with Gasteiger partial charge in [-0.2, -0.15) is 4.31 Å². The predicted octanol–water partition coefficient (Wildman–Crippen LogP) is 3.68. The van der Waals surface area contributed by atoms with E-state index in [0.717, 1.165) is 5.56 Å². The van der Waals surface area contributed by atoms with Gasteiger partial charge in [-0.15, -0.1) is 0 Å². The van der Waals surface area contributed by atoms with E-state index in [-0.39, 0.29) is 11.4 Å². The van der Waals surface area contributed by atoms with Crippen molar-refractivity contribution >= 4 is 44.8 Å². The number of benzene rings is 1. The molecular formula is C13H14Cl3NO2S. The standard InChI is InChI=1S/C13H14Cl3NO2S/c1-10-5-7-11(8-6-10)20(18,19)17-9-3-2-4-12(17)13(14,15)16/h2-3,5-8,12H,4,9H2,1H3. The van der Waals surface area contributed by atoms with Crippen LogP contribution in [-0.2, 0) is 10.0 Å². The average molecular weight is 355 g/mol. The summed E-state index contributed by atoms with van der Waals surface area (Å²) in [7, 11) is -3.68. The third kappa shape index (κ3) is 3.31. The molecule has 1 unspecified atom stereocenters. The lowest BCUT2D eigenvalue weighted by Gasteiger charge is -2.36. The fourth-order valence-electron chi connectivity index (χ4n) is 2.06. The average Bonchev–Trinajstić information content (AvgIpc) is 2.38. The molecule has 0 spiro atoms. The van der Waals surface area contributed by atoms with Crippen molar-refractivity contribution in [3.05, 3.63) is 42.0 Å². The minimum atomic E-state index is -3.68. The van der Waals surface area contributed by atoms with Crippen LogP contribution in [0, 0.1) is 6.92 Å². The molecule has 2 rings (SSSR count). The minimum absolute atomic E-state index is 0.203. The first-order valence-electron chi connectivity index (χ1n) is 6.03. The van der Waals surface area contributed by atoms with Gasteiger partial charge in [0.1, 0.15) is 0 Å². The van der Waals surface area contributed by atoms with Gasteiger partial charge in [0.05, 0.1) is 10.9 Å². The number of sulfonamides is 1. The smallest absolute Gasteiger partial charge is 0.207 e. The lowest BCUT2D eigenvalue weighted by atomic mass is 10.1. The number of aryl methyl sites for hydroxylation is 1. The molecule has 0 bridgehead atoms. The summed E-state index contributed by atoms with van der Waals surface area (Å²) in [5, 5.41) is 0. The molecule has 0 amide bonds. The molecule has 0 radical (unpaired) electrons. The Morgan fingerprint density at radius 3 is 2.30 bits per heavy atom. The van der Waals surface area contributed by atoms with E-state index in [0.29, 0.717) is 6.42 Å². The highest BCUT2D eigenvalue weighted by Crippen LogP contribution is 2.39. The zero-order chi connectivity index (χ0) is 15.0. The summed E-state index contributed by atoms with van der Waals surface area (Å²) in [6, 6.07) is 5.93. The van der Waals surface area contributed by atoms with E-state index in [1.165, 1.54) is 4.31 Å². The largest absolute Gasteiger partial charge is 0.243 e. The van der Waals surface area contributed by atoms with Gasteiger partial charge in [-0.25, -0.2) is 8.42 Å². The van der Waals surface area contributed by atoms with Crippen LogP contribution in [0.25, 0.3) is 0 Å². The highest BCUT2D eigenvalue weighted by atomic mass is 35.6. The molecule has 3 nitrogen and oxygen atoms in total. The molecule has 7 heteroatoms. The summed E-state index contributed by atoms with van der Waals surface area (Å²) in [5.74, 6) is 0. The molecule has 0 N–H and O–H groups in total. The highest BCUT2D eigenvalue weighted by molar-refractivity contribution is 7.89. The fourth-order valence-corrected chi connectivity index (χ4v) is 4.46. The van der Waals surface area contributed by atoms with Gasteiger partial charge in [-0.3, -0.25) is 0 Å². The van der Waals surface area contributed by atoms with E-state index in [4.69, 9.17) is 34.8 Å². The Morgan fingerprint density at radius 2 is 1.75 bits per heavy atom. The molecule has 0 saturated carbocycles. The van der Waals surface area contributed by atoms with Crippen molar-refractivity contribution in [2.24, 2.45) is 0 Å². The quantitative estimate of drug-likeness (QED) is 0.600. The van der Waals surface area contributed by atoms with Gasteiger partial charge in [0.25, 0.3) is 0 Å². The van der Waals surface area contributed by atoms with E-state index in [1.807, 2.05) is 13.0 Å². The maximum absolute atomic E-state index is 12.7. The Morgan fingerprint density at radius 1 is 1.15 bits per heavy atom. The lowest BCUT2D eigenvalue weighted by Crippen LogP contribution is -2.48. The Labute approximate surface area is 134 Å². The van der Waals surface area contributed by atoms with Crippen LogP contribution in [0.3, 0.4) is 0 Å². The second-order valence-electron chi connectivity index (χ2n) is 4.65. The van der Waals surface area contributed by atoms with E-state index in [1.54, 1.807) is 30.3 Å². The van der Waals surface area contributed by atoms with Crippen molar-refractivity contribution in [2.45, 2.75) is 28.1 Å². The maximum Gasteiger partial charge on any atom is 0.243 e. The number of hydrogen-bond donors (Lipinski definition) is 0. The molecule has 20 heavy (non-hydrogen) atoms. The van der Waals surface area contributed by atoms with Crippen molar-refractivity contribution in [3.63, 3.8) is 0 Å². The topological polar surface area (TPSA) is 37.4 Å². The first kappa shape index (κ1) is 16.1. The molecule has 1 aromatic rings. The third-order valence-electron chi connectivity index (χ3n) is 3.16. The van der Waals surface area contributed by atoms with E-state index < -0.39 is 19.9 Å². The van der Waals surface area contributed by atoms with Crippen LogP contribution in [0.5, 0.6) is 0 Å². The Balaban J connectivity index is 2.41. The molecule has 0 aromatic heterocycles. The molecule has 1 aliphatic rings. The zero-order valence-electron chi connectivity index (χ0n) is 10.8. The number of nitrogens with zero attached hydrogens (tertiary/aromatic N) is 1. The van der Waals surface area contributed by atoms with Gasteiger partial charge in [0.15, 0.2) is 0 Å². The normalized spacial score (nSPS) is 21.1. The van der Waals surface area contributed by atoms with E-state index in [2.05, 4.69) is 0 Å². The molecular weight excluding hydrogens is 341 g/mol. The molecule has 0 aliphatic carbocycles. The van der Waals surface area contributed by atoms with Crippen LogP contribution in [0.4, 0.5) is 0 Å². The van der Waals surface area contributed by atoms with Crippen LogP contribution in [0.2, 0.25) is 0 Å². The minimum Gasteiger partial charge on any atom is -0.207 e. The van der Waals surface area contributed by atoms with Crippen molar-refractivity contribution in [3.8, 4) is 0 Å². The van der Waals surface area contributed by atoms with Gasteiger partial charge in [-0.1, -0.05) is 64.7 Å². The predicted molar refractivity (Wildman–Crippen MR) is 82.9 cm³/mol. The Hall–Kier alpha value is -0.260. The zero-order valence-corrected chi connectivity index (χ0v) is 13.8. The number of halogens is 3. The maximum atomic E-state index is 12.7. The van der Waals surface area contributed by atoms with Crippen molar-refractivity contribution < 1.29 is 8.42 Å². The summed E-state index contributed by atoms with van der Waals surface area (Å²) < 4.78 is 24.9. The molecule has 1 aliphatic heterocycles. The number of hydrogen-bond acceptors (Lipinski definition) is 2. The van der Waals surface area contributed by atoms with Gasteiger partial charge < -0.3 is 0 Å². The van der Waals surface area contributed by atoms with Crippen LogP contribution in [-0.4, -0.2) is 29.1 Å². The van der Waals surface area contributed by atoms with Crippen LogP contribution in [0.15, 0.2) is 41.3 Å². The van der Waals surface area contributed by atoms with Crippen LogP contribution >= 0.6 is 34.8 Å². The first-order valence-corrected chi connectivity index (χ1v) is 8.60. The second-order valence-corrected chi connectivity index (χ2v) is 8.91. The van der Waals surface area contributed by atoms with Crippen LogP contribution in [0.1, 0.15) is 12.0 Å². The summed E-state index contributed by atoms with van der Waals surface area (Å²) in [6.45, 7) is 2.10. The van der Waals surface area contributed by atoms with Crippen molar-refractivity contribution in [2.75, 3.05) is 6.54 Å². The number of alkyl halides is 3. The monoisotopic (exact) mass is 353 g/mol. The Kier molecular flexibility index (Phi) is 4.72. The number of rotatable bonds is 2. The van der Waals surface area contributed by atoms with Gasteiger partial charge in [0.2, 0.25) is 13.8 Å². The molecule has 0 saturated heterocycles. The summed E-state index contributed by atoms with van der Waals surface area (Å²) in [5.41, 5.74) is 0.986. The summed E-state index contributed by atoms with van der Waals surface area (Å²) in [6.07, 6.45) is 3.97. The van der Waals surface area contributed by atoms with Gasteiger partial charge in [-0.05, 0) is 25.5 Å². The third-order valence-corrected chi connectivity index (χ3v) is 5.81. The fraction of sp³-hybridized carbons (Fsp3) is 0.385. The second kappa shape index (κ2) is 5.85. The highest BCUT2D eigenvalue weighted by Gasteiger charge is 2.43. The molecule has 1 heterocycles. The molecule has 1 aromatic carbocycles. The van der Waals surface area contributed by atoms with Gasteiger partial charge >= 0.3 is 0 Å². The van der Waals surface area contributed by atoms with Crippen LogP contribution < -0.4 is 0 Å². The van der Waals surface area contributed by atoms with E-state index in [9.17, 15) is 8.42 Å². The lowest BCUT2D eigenvalue weighted by molar-refractivity contribution is 0.335. The summed E-state index contributed by atoms with van der Waals surface area (Å²) in [4.78, 5) is 0.206. The molecule has 1 atom stereocenters. The van der Waals surface area contributed by atoms with E-state index >= 15 is 0 Å². The van der Waals surface area contributed by atoms with Gasteiger partial charge in [0, 0.05) is 6.54 Å². The van der Waals surface area contributed by atoms with Crippen molar-refractivity contribution in [1.29, 1.82) is 0 Å². The Bertz CT molecular complexity index is 605. The summed E-state index contributed by atoms with van der Waals surface area (Å²) >= 11 is 17.7. The molecule has 110 valence electrons.